The standard InChI is InChI=1S/C19H26O3/c1-12-9-13(2)19(10-20)11-22-18(17(12)14(19)3)15-5-7-16(21-4)8-6-15/h5-9,13-14,17-18,20H,10-11H2,1-4H3/t13?,14?,17-,18?,19+/m0/s1. The molecule has 1 aromatic rings. The predicted molar refractivity (Wildman–Crippen MR) is 86.8 cm³/mol. The molecule has 0 aromatic heterocycles. The molecule has 120 valence electrons. The van der Waals surface area contributed by atoms with Crippen LogP contribution in [0.4, 0.5) is 0 Å². The number of hydrogen-bond acceptors (Lipinski definition) is 3. The maximum Gasteiger partial charge on any atom is 0.118 e. The molecule has 0 spiro atoms. The van der Waals surface area contributed by atoms with E-state index in [1.165, 1.54) is 11.1 Å². The van der Waals surface area contributed by atoms with E-state index >= 15 is 0 Å². The molecule has 2 bridgehead atoms. The van der Waals surface area contributed by atoms with Gasteiger partial charge in [0.1, 0.15) is 5.75 Å². The molecule has 1 fully saturated rings. The van der Waals surface area contributed by atoms with Crippen molar-refractivity contribution < 1.29 is 14.6 Å². The molecule has 3 unspecified atom stereocenters. The van der Waals surface area contributed by atoms with Gasteiger partial charge in [-0.25, -0.2) is 0 Å². The van der Waals surface area contributed by atoms with Gasteiger partial charge in [0.25, 0.3) is 0 Å². The Kier molecular flexibility index (Phi) is 4.04. The molecule has 22 heavy (non-hydrogen) atoms. The molecular formula is C19H26O3. The number of hydrogen-bond donors (Lipinski definition) is 1. The lowest BCUT2D eigenvalue weighted by Gasteiger charge is -2.55. The van der Waals surface area contributed by atoms with Gasteiger partial charge >= 0.3 is 0 Å². The SMILES string of the molecule is COc1ccc(C2OC[C@]3(CO)C(C)C=C(C)[C@H]2C3C)cc1. The first kappa shape index (κ1) is 15.6. The van der Waals surface area contributed by atoms with Crippen LogP contribution >= 0.6 is 0 Å². The summed E-state index contributed by atoms with van der Waals surface area (Å²) in [6, 6.07) is 8.16. The van der Waals surface area contributed by atoms with E-state index in [-0.39, 0.29) is 18.1 Å². The second-order valence-corrected chi connectivity index (χ2v) is 6.91. The van der Waals surface area contributed by atoms with Gasteiger partial charge in [0.05, 0.1) is 26.4 Å². The van der Waals surface area contributed by atoms with Crippen LogP contribution in [0, 0.1) is 23.2 Å². The highest BCUT2D eigenvalue weighted by atomic mass is 16.5. The summed E-state index contributed by atoms with van der Waals surface area (Å²) in [5.74, 6) is 1.94. The largest absolute Gasteiger partial charge is 0.497 e. The lowest BCUT2D eigenvalue weighted by Crippen LogP contribution is -2.53. The molecule has 1 saturated heterocycles. The van der Waals surface area contributed by atoms with Crippen molar-refractivity contribution in [2.24, 2.45) is 23.2 Å². The van der Waals surface area contributed by atoms with E-state index in [2.05, 4.69) is 39.0 Å². The van der Waals surface area contributed by atoms with Crippen molar-refractivity contribution in [3.8, 4) is 5.75 Å². The Morgan fingerprint density at radius 1 is 1.27 bits per heavy atom. The minimum absolute atomic E-state index is 0.0596. The van der Waals surface area contributed by atoms with Gasteiger partial charge in [0.2, 0.25) is 0 Å². The molecule has 1 N–H and O–H groups in total. The Morgan fingerprint density at radius 3 is 2.55 bits per heavy atom. The number of aliphatic hydroxyl groups excluding tert-OH is 1. The normalized spacial score (nSPS) is 37.6. The molecule has 5 atom stereocenters. The summed E-state index contributed by atoms with van der Waals surface area (Å²) in [6.45, 7) is 7.47. The van der Waals surface area contributed by atoms with E-state index in [1.54, 1.807) is 7.11 Å². The predicted octanol–water partition coefficient (Wildman–Crippen LogP) is 3.59. The van der Waals surface area contributed by atoms with Crippen LogP contribution < -0.4 is 4.74 Å². The van der Waals surface area contributed by atoms with Crippen LogP contribution in [0.5, 0.6) is 5.75 Å². The number of aliphatic hydroxyl groups is 1. The van der Waals surface area contributed by atoms with Crippen molar-refractivity contribution in [1.82, 2.24) is 0 Å². The third-order valence-electron chi connectivity index (χ3n) is 5.99. The third kappa shape index (κ3) is 2.19. The summed E-state index contributed by atoms with van der Waals surface area (Å²) in [4.78, 5) is 0. The van der Waals surface area contributed by atoms with Crippen molar-refractivity contribution in [1.29, 1.82) is 0 Å². The van der Waals surface area contributed by atoms with Crippen molar-refractivity contribution in [3.05, 3.63) is 41.5 Å². The zero-order valence-corrected chi connectivity index (χ0v) is 13.9. The van der Waals surface area contributed by atoms with Crippen molar-refractivity contribution in [3.63, 3.8) is 0 Å². The number of ether oxygens (including phenoxy) is 2. The van der Waals surface area contributed by atoms with Gasteiger partial charge in [-0.15, -0.1) is 0 Å². The first-order valence-corrected chi connectivity index (χ1v) is 8.08. The van der Waals surface area contributed by atoms with Gasteiger partial charge in [-0.05, 0) is 36.5 Å². The van der Waals surface area contributed by atoms with Gasteiger partial charge in [0, 0.05) is 11.3 Å². The van der Waals surface area contributed by atoms with Crippen LogP contribution in [-0.2, 0) is 4.74 Å². The fraction of sp³-hybridized carbons (Fsp3) is 0.579. The molecule has 3 nitrogen and oxygen atoms in total. The molecule has 1 aliphatic carbocycles. The topological polar surface area (TPSA) is 38.7 Å². The minimum Gasteiger partial charge on any atom is -0.497 e. The van der Waals surface area contributed by atoms with Crippen LogP contribution in [0.3, 0.4) is 0 Å². The van der Waals surface area contributed by atoms with Crippen molar-refractivity contribution in [2.45, 2.75) is 26.9 Å². The van der Waals surface area contributed by atoms with Gasteiger partial charge in [-0.2, -0.15) is 0 Å². The summed E-state index contributed by atoms with van der Waals surface area (Å²) < 4.78 is 11.5. The van der Waals surface area contributed by atoms with Crippen LogP contribution in [-0.4, -0.2) is 25.4 Å². The molecule has 0 saturated carbocycles. The third-order valence-corrected chi connectivity index (χ3v) is 5.99. The number of fused-ring (bicyclic) bond motifs is 2. The molecule has 1 heterocycles. The minimum atomic E-state index is -0.146. The number of allylic oxidation sites excluding steroid dienone is 1. The smallest absolute Gasteiger partial charge is 0.118 e. The van der Waals surface area contributed by atoms with E-state index in [4.69, 9.17) is 9.47 Å². The van der Waals surface area contributed by atoms with Crippen LogP contribution in [0.1, 0.15) is 32.4 Å². The molecule has 1 aromatic carbocycles. The maximum absolute atomic E-state index is 10.0. The van der Waals surface area contributed by atoms with Gasteiger partial charge in [-0.3, -0.25) is 0 Å². The number of methoxy groups -OCH3 is 1. The molecule has 2 aliphatic rings. The number of rotatable bonds is 3. The molecule has 0 radical (unpaired) electrons. The average molecular weight is 302 g/mol. The summed E-state index contributed by atoms with van der Waals surface area (Å²) in [5, 5.41) is 10.0. The van der Waals surface area contributed by atoms with E-state index in [9.17, 15) is 5.11 Å². The lowest BCUT2D eigenvalue weighted by atomic mass is 9.56. The highest BCUT2D eigenvalue weighted by Gasteiger charge is 2.53. The zero-order valence-electron chi connectivity index (χ0n) is 13.9. The van der Waals surface area contributed by atoms with E-state index < -0.39 is 0 Å². The average Bonchev–Trinajstić information content (AvgIpc) is 2.53. The molecular weight excluding hydrogens is 276 g/mol. The summed E-state index contributed by atoms with van der Waals surface area (Å²) in [6.07, 6.45) is 2.39. The quantitative estimate of drug-likeness (QED) is 0.867. The highest BCUT2D eigenvalue weighted by molar-refractivity contribution is 5.32. The fourth-order valence-electron chi connectivity index (χ4n) is 4.38. The van der Waals surface area contributed by atoms with Crippen molar-refractivity contribution >= 4 is 0 Å². The lowest BCUT2D eigenvalue weighted by molar-refractivity contribution is -0.165. The summed E-state index contributed by atoms with van der Waals surface area (Å²) >= 11 is 0. The Bertz CT molecular complexity index is 563. The van der Waals surface area contributed by atoms with Gasteiger partial charge in [0.15, 0.2) is 0 Å². The van der Waals surface area contributed by atoms with Crippen LogP contribution in [0.25, 0.3) is 0 Å². The first-order chi connectivity index (χ1) is 10.5. The highest BCUT2D eigenvalue weighted by Crippen LogP contribution is 2.55. The van der Waals surface area contributed by atoms with E-state index in [1.807, 2.05) is 12.1 Å². The first-order valence-electron chi connectivity index (χ1n) is 8.08. The van der Waals surface area contributed by atoms with Gasteiger partial charge in [-0.1, -0.05) is 37.6 Å². The second-order valence-electron chi connectivity index (χ2n) is 6.91. The monoisotopic (exact) mass is 302 g/mol. The van der Waals surface area contributed by atoms with Crippen molar-refractivity contribution in [2.75, 3.05) is 20.3 Å². The maximum atomic E-state index is 10.0. The van der Waals surface area contributed by atoms with Crippen LogP contribution in [0.2, 0.25) is 0 Å². The Hall–Kier alpha value is -1.32. The summed E-state index contributed by atoms with van der Waals surface area (Å²) in [5.41, 5.74) is 2.42. The molecule has 0 amide bonds. The van der Waals surface area contributed by atoms with Crippen LogP contribution in [0.15, 0.2) is 35.9 Å². The Labute approximate surface area is 132 Å². The zero-order chi connectivity index (χ0) is 15.9. The molecule has 3 heteroatoms. The molecule has 3 rings (SSSR count). The fourth-order valence-corrected chi connectivity index (χ4v) is 4.38. The Balaban J connectivity index is 1.97. The van der Waals surface area contributed by atoms with E-state index in [0.717, 1.165) is 5.75 Å². The summed E-state index contributed by atoms with van der Waals surface area (Å²) in [7, 11) is 1.68. The van der Waals surface area contributed by atoms with Gasteiger partial charge < -0.3 is 14.6 Å². The second kappa shape index (κ2) is 5.71. The molecule has 1 aliphatic heterocycles. The van der Waals surface area contributed by atoms with E-state index in [0.29, 0.717) is 24.4 Å². The Morgan fingerprint density at radius 2 is 1.95 bits per heavy atom. The number of benzene rings is 1.